The van der Waals surface area contributed by atoms with Gasteiger partial charge in [0.15, 0.2) is 11.5 Å². The molecule has 0 aliphatic heterocycles. The molecule has 0 unspecified atom stereocenters. The Morgan fingerprint density at radius 3 is 2.50 bits per heavy atom. The largest absolute Gasteiger partial charge is 0.280 e. The van der Waals surface area contributed by atoms with Crippen LogP contribution in [0.2, 0.25) is 0 Å². The van der Waals surface area contributed by atoms with Gasteiger partial charge in [0.05, 0.1) is 0 Å². The molecule has 18 heavy (non-hydrogen) atoms. The minimum atomic E-state index is -2.90. The fourth-order valence-electron chi connectivity index (χ4n) is 1.63. The van der Waals surface area contributed by atoms with Crippen LogP contribution in [0, 0.1) is 5.82 Å². The third-order valence-electron chi connectivity index (χ3n) is 2.65. The van der Waals surface area contributed by atoms with E-state index in [0.29, 0.717) is 5.56 Å². The smallest absolute Gasteiger partial charge is 0.269 e. The van der Waals surface area contributed by atoms with E-state index in [2.05, 4.69) is 4.98 Å². The fourth-order valence-corrected chi connectivity index (χ4v) is 1.63. The molecular formula is C12H11F3N2O. The molecule has 0 aliphatic carbocycles. The first kappa shape index (κ1) is 12.6. The van der Waals surface area contributed by atoms with Gasteiger partial charge in [0.2, 0.25) is 0 Å². The number of hydrogen-bond acceptors (Lipinski definition) is 2. The number of pyridine rings is 1. The summed E-state index contributed by atoms with van der Waals surface area (Å²) >= 11 is 0. The normalized spacial score (nSPS) is 11.7. The number of alkyl halides is 2. The quantitative estimate of drug-likeness (QED) is 0.828. The number of rotatable bonds is 2. The molecule has 6 heteroatoms. The van der Waals surface area contributed by atoms with Gasteiger partial charge in [0.1, 0.15) is 5.69 Å². The predicted molar refractivity (Wildman–Crippen MR) is 60.5 cm³/mol. The molecule has 0 radical (unpaired) electrons. The minimum absolute atomic E-state index is 0.0191. The van der Waals surface area contributed by atoms with Gasteiger partial charge in [-0.2, -0.15) is 0 Å². The second-order valence-corrected chi connectivity index (χ2v) is 4.29. The summed E-state index contributed by atoms with van der Waals surface area (Å²) in [6.07, 6.45) is -1.47. The molecule has 0 aromatic carbocycles. The Kier molecular flexibility index (Phi) is 3.11. The summed E-state index contributed by atoms with van der Waals surface area (Å²) in [4.78, 5) is 15.1. The van der Waals surface area contributed by atoms with Crippen molar-refractivity contribution in [1.29, 1.82) is 0 Å². The van der Waals surface area contributed by atoms with E-state index in [1.165, 1.54) is 12.3 Å². The van der Waals surface area contributed by atoms with Crippen molar-refractivity contribution in [2.75, 3.05) is 0 Å². The van der Waals surface area contributed by atoms with Crippen LogP contribution in [0.3, 0.4) is 0 Å². The molecule has 0 atom stereocenters. The van der Waals surface area contributed by atoms with Crippen molar-refractivity contribution >= 4 is 5.65 Å². The molecule has 0 fully saturated rings. The van der Waals surface area contributed by atoms with Crippen LogP contribution in [0.4, 0.5) is 13.2 Å². The summed E-state index contributed by atoms with van der Waals surface area (Å²) in [7, 11) is 0. The third-order valence-corrected chi connectivity index (χ3v) is 2.65. The Bertz CT molecular complexity index is 650. The summed E-state index contributed by atoms with van der Waals surface area (Å²) in [5.74, 6) is -0.758. The molecule has 2 rings (SSSR count). The lowest BCUT2D eigenvalue weighted by atomic mass is 10.1. The highest BCUT2D eigenvalue weighted by Crippen LogP contribution is 2.19. The SMILES string of the molecule is CC(C)c1cc(F)c2nc(C(F)F)cc(=O)n2c1. The standard InChI is InChI=1S/C12H11F3N2O/c1-6(2)7-3-8(13)12-16-9(11(14)15)4-10(18)17(12)5-7/h3-6,11H,1-2H3. The van der Waals surface area contributed by atoms with Crippen molar-refractivity contribution in [1.82, 2.24) is 9.38 Å². The van der Waals surface area contributed by atoms with E-state index in [1.807, 2.05) is 13.8 Å². The van der Waals surface area contributed by atoms with E-state index in [1.54, 1.807) is 0 Å². The molecule has 0 saturated heterocycles. The molecule has 2 aromatic heterocycles. The molecule has 0 N–H and O–H groups in total. The topological polar surface area (TPSA) is 34.4 Å². The molecule has 0 saturated carbocycles. The molecular weight excluding hydrogens is 245 g/mol. The van der Waals surface area contributed by atoms with Gasteiger partial charge in [-0.15, -0.1) is 0 Å². The van der Waals surface area contributed by atoms with E-state index in [-0.39, 0.29) is 11.6 Å². The first-order valence-electron chi connectivity index (χ1n) is 5.41. The molecule has 2 aromatic rings. The van der Waals surface area contributed by atoms with Crippen LogP contribution in [0.15, 0.2) is 23.1 Å². The van der Waals surface area contributed by atoms with Gasteiger partial charge >= 0.3 is 0 Å². The Morgan fingerprint density at radius 2 is 1.94 bits per heavy atom. The van der Waals surface area contributed by atoms with E-state index in [0.717, 1.165) is 10.5 Å². The van der Waals surface area contributed by atoms with Gasteiger partial charge in [0, 0.05) is 12.3 Å². The van der Waals surface area contributed by atoms with Crippen molar-refractivity contribution in [2.45, 2.75) is 26.2 Å². The average Bonchev–Trinajstić information content (AvgIpc) is 2.29. The van der Waals surface area contributed by atoms with Crippen LogP contribution in [-0.2, 0) is 0 Å². The molecule has 2 heterocycles. The summed E-state index contributed by atoms with van der Waals surface area (Å²) in [6, 6.07) is 1.93. The van der Waals surface area contributed by atoms with Gasteiger partial charge < -0.3 is 0 Å². The predicted octanol–water partition coefficient (Wildman–Crippen LogP) is 2.89. The monoisotopic (exact) mass is 256 g/mol. The molecule has 0 amide bonds. The summed E-state index contributed by atoms with van der Waals surface area (Å²) in [5.41, 5.74) is -1.19. The summed E-state index contributed by atoms with van der Waals surface area (Å²) < 4.78 is 39.7. The van der Waals surface area contributed by atoms with Gasteiger partial charge in [-0.25, -0.2) is 18.2 Å². The first-order chi connectivity index (χ1) is 8.40. The van der Waals surface area contributed by atoms with E-state index in [9.17, 15) is 18.0 Å². The zero-order valence-corrected chi connectivity index (χ0v) is 9.82. The number of aromatic nitrogens is 2. The van der Waals surface area contributed by atoms with Crippen LogP contribution in [-0.4, -0.2) is 9.38 Å². The van der Waals surface area contributed by atoms with Crippen molar-refractivity contribution in [3.8, 4) is 0 Å². The lowest BCUT2D eigenvalue weighted by molar-refractivity contribution is 0.146. The Morgan fingerprint density at radius 1 is 1.28 bits per heavy atom. The van der Waals surface area contributed by atoms with Crippen LogP contribution in [0.5, 0.6) is 0 Å². The maximum Gasteiger partial charge on any atom is 0.280 e. The van der Waals surface area contributed by atoms with Gasteiger partial charge in [-0.1, -0.05) is 13.8 Å². The number of halogens is 3. The highest BCUT2D eigenvalue weighted by Gasteiger charge is 2.15. The Labute approximate surface area is 101 Å². The molecule has 0 aliphatic rings. The third kappa shape index (κ3) is 2.10. The number of hydrogen-bond donors (Lipinski definition) is 0. The molecule has 0 bridgehead atoms. The summed E-state index contributed by atoms with van der Waals surface area (Å²) in [5, 5.41) is 0. The lowest BCUT2D eigenvalue weighted by Gasteiger charge is -2.09. The minimum Gasteiger partial charge on any atom is -0.269 e. The van der Waals surface area contributed by atoms with Crippen molar-refractivity contribution in [2.24, 2.45) is 0 Å². The van der Waals surface area contributed by atoms with Crippen LogP contribution >= 0.6 is 0 Å². The fraction of sp³-hybridized carbons (Fsp3) is 0.333. The van der Waals surface area contributed by atoms with Crippen LogP contribution in [0.1, 0.15) is 37.4 Å². The van der Waals surface area contributed by atoms with Gasteiger partial charge in [0.25, 0.3) is 12.0 Å². The number of nitrogens with zero attached hydrogens (tertiary/aromatic N) is 2. The zero-order chi connectivity index (χ0) is 13.4. The maximum atomic E-state index is 13.8. The van der Waals surface area contributed by atoms with E-state index >= 15 is 0 Å². The summed E-state index contributed by atoms with van der Waals surface area (Å²) in [6.45, 7) is 3.68. The van der Waals surface area contributed by atoms with Crippen molar-refractivity contribution in [3.63, 3.8) is 0 Å². The second-order valence-electron chi connectivity index (χ2n) is 4.29. The molecule has 0 spiro atoms. The Balaban J connectivity index is 2.80. The van der Waals surface area contributed by atoms with E-state index in [4.69, 9.17) is 0 Å². The maximum absolute atomic E-state index is 13.8. The van der Waals surface area contributed by atoms with Crippen LogP contribution < -0.4 is 5.56 Å². The highest BCUT2D eigenvalue weighted by atomic mass is 19.3. The highest BCUT2D eigenvalue weighted by molar-refractivity contribution is 5.42. The Hall–Kier alpha value is -1.85. The second kappa shape index (κ2) is 4.44. The zero-order valence-electron chi connectivity index (χ0n) is 9.82. The lowest BCUT2D eigenvalue weighted by Crippen LogP contribution is -2.17. The first-order valence-corrected chi connectivity index (χ1v) is 5.41. The molecule has 96 valence electrons. The van der Waals surface area contributed by atoms with Gasteiger partial charge in [-0.05, 0) is 17.5 Å². The number of fused-ring (bicyclic) bond motifs is 1. The molecule has 3 nitrogen and oxygen atoms in total. The van der Waals surface area contributed by atoms with Crippen molar-refractivity contribution in [3.05, 3.63) is 45.8 Å². The van der Waals surface area contributed by atoms with Crippen LogP contribution in [0.25, 0.3) is 5.65 Å². The van der Waals surface area contributed by atoms with E-state index < -0.39 is 23.5 Å². The van der Waals surface area contributed by atoms with Gasteiger partial charge in [-0.3, -0.25) is 9.20 Å². The average molecular weight is 256 g/mol. The van der Waals surface area contributed by atoms with Crippen molar-refractivity contribution < 1.29 is 13.2 Å².